The summed E-state index contributed by atoms with van der Waals surface area (Å²) in [5, 5.41) is 2.39. The number of carbonyl (C=O) groups is 1. The second-order valence-electron chi connectivity index (χ2n) is 7.03. The van der Waals surface area contributed by atoms with Crippen molar-refractivity contribution in [3.8, 4) is 5.75 Å². The molecule has 0 bridgehead atoms. The quantitative estimate of drug-likeness (QED) is 0.567. The van der Waals surface area contributed by atoms with E-state index >= 15 is 0 Å². The summed E-state index contributed by atoms with van der Waals surface area (Å²) in [6.45, 7) is 1.84. The van der Waals surface area contributed by atoms with Gasteiger partial charge in [-0.1, -0.05) is 23.7 Å². The summed E-state index contributed by atoms with van der Waals surface area (Å²) >= 11 is 7.15. The zero-order chi connectivity index (χ0) is 20.9. The summed E-state index contributed by atoms with van der Waals surface area (Å²) in [4.78, 5) is 14.4. The standard InChI is InChI=1S/C20H25ClN2O4S2/c1-22(10-4-13-27-18-6-2-5-17(21)15-18)20(24)16-8-11-23(12-9-16)29(25,26)19-7-3-14-28-19/h2-3,5-7,14-16H,4,8-13H2,1H3. The molecule has 1 saturated heterocycles. The Morgan fingerprint density at radius 2 is 2.03 bits per heavy atom. The minimum atomic E-state index is -3.43. The number of thiophene rings is 1. The maximum atomic E-state index is 12.7. The van der Waals surface area contributed by atoms with Gasteiger partial charge in [0.15, 0.2) is 0 Å². The number of piperidine rings is 1. The van der Waals surface area contributed by atoms with Gasteiger partial charge in [0.25, 0.3) is 10.0 Å². The summed E-state index contributed by atoms with van der Waals surface area (Å²) in [6.07, 6.45) is 1.81. The Balaban J connectivity index is 1.41. The molecule has 2 heterocycles. The van der Waals surface area contributed by atoms with Crippen LogP contribution >= 0.6 is 22.9 Å². The summed E-state index contributed by atoms with van der Waals surface area (Å²) in [7, 11) is -1.65. The lowest BCUT2D eigenvalue weighted by Crippen LogP contribution is -2.43. The minimum absolute atomic E-state index is 0.0703. The number of carbonyl (C=O) groups excluding carboxylic acids is 1. The number of ether oxygens (including phenoxy) is 1. The first-order valence-electron chi connectivity index (χ1n) is 9.55. The van der Waals surface area contributed by atoms with Crippen LogP contribution in [0.3, 0.4) is 0 Å². The molecule has 1 aromatic carbocycles. The van der Waals surface area contributed by atoms with Crippen molar-refractivity contribution in [1.29, 1.82) is 0 Å². The molecule has 1 aliphatic heterocycles. The first-order valence-corrected chi connectivity index (χ1v) is 12.2. The molecule has 0 atom stereocenters. The Kier molecular flexibility index (Phi) is 7.56. The van der Waals surface area contributed by atoms with Crippen molar-refractivity contribution in [1.82, 2.24) is 9.21 Å². The highest BCUT2D eigenvalue weighted by atomic mass is 35.5. The molecule has 0 unspecified atom stereocenters. The molecule has 2 aromatic rings. The van der Waals surface area contributed by atoms with E-state index in [4.69, 9.17) is 16.3 Å². The highest BCUT2D eigenvalue weighted by Gasteiger charge is 2.33. The van der Waals surface area contributed by atoms with Gasteiger partial charge in [-0.15, -0.1) is 11.3 Å². The Bertz CT molecular complexity index is 910. The van der Waals surface area contributed by atoms with E-state index in [-0.39, 0.29) is 11.8 Å². The summed E-state index contributed by atoms with van der Waals surface area (Å²) < 4.78 is 32.7. The van der Waals surface area contributed by atoms with Crippen LogP contribution in [0.2, 0.25) is 5.02 Å². The minimum Gasteiger partial charge on any atom is -0.493 e. The number of hydrogen-bond acceptors (Lipinski definition) is 5. The van der Waals surface area contributed by atoms with Crippen LogP contribution < -0.4 is 4.74 Å². The van der Waals surface area contributed by atoms with Gasteiger partial charge in [0.05, 0.1) is 6.61 Å². The molecule has 1 fully saturated rings. The van der Waals surface area contributed by atoms with E-state index < -0.39 is 10.0 Å². The van der Waals surface area contributed by atoms with Gasteiger partial charge in [-0.2, -0.15) is 4.31 Å². The molecule has 1 aliphatic rings. The predicted molar refractivity (Wildman–Crippen MR) is 115 cm³/mol. The molecule has 0 spiro atoms. The van der Waals surface area contributed by atoms with Crippen LogP contribution in [0, 0.1) is 5.92 Å². The smallest absolute Gasteiger partial charge is 0.252 e. The van der Waals surface area contributed by atoms with Gasteiger partial charge < -0.3 is 9.64 Å². The molecule has 3 rings (SSSR count). The van der Waals surface area contributed by atoms with E-state index in [0.29, 0.717) is 60.5 Å². The SMILES string of the molecule is CN(CCCOc1cccc(Cl)c1)C(=O)C1CCN(S(=O)(=O)c2cccs2)CC1. The lowest BCUT2D eigenvalue weighted by atomic mass is 9.96. The summed E-state index contributed by atoms with van der Waals surface area (Å²) in [5.74, 6) is 0.648. The van der Waals surface area contributed by atoms with Crippen LogP contribution in [-0.4, -0.2) is 56.8 Å². The van der Waals surface area contributed by atoms with E-state index in [1.165, 1.54) is 15.6 Å². The van der Waals surface area contributed by atoms with Crippen molar-refractivity contribution in [2.24, 2.45) is 5.92 Å². The molecule has 1 aromatic heterocycles. The maximum Gasteiger partial charge on any atom is 0.252 e. The lowest BCUT2D eigenvalue weighted by Gasteiger charge is -2.32. The lowest BCUT2D eigenvalue weighted by molar-refractivity contribution is -0.135. The van der Waals surface area contributed by atoms with E-state index in [2.05, 4.69) is 0 Å². The molecule has 0 N–H and O–H groups in total. The molecule has 158 valence electrons. The summed E-state index contributed by atoms with van der Waals surface area (Å²) in [5.41, 5.74) is 0. The number of halogens is 1. The third-order valence-corrected chi connectivity index (χ3v) is 8.48. The van der Waals surface area contributed by atoms with Crippen LogP contribution in [0.1, 0.15) is 19.3 Å². The monoisotopic (exact) mass is 456 g/mol. The number of sulfonamides is 1. The van der Waals surface area contributed by atoms with E-state index in [1.54, 1.807) is 41.6 Å². The molecule has 1 amide bonds. The van der Waals surface area contributed by atoms with Gasteiger partial charge in [-0.05, 0) is 48.9 Å². The third kappa shape index (κ3) is 5.72. The normalized spacial score (nSPS) is 15.9. The Morgan fingerprint density at radius 1 is 1.28 bits per heavy atom. The van der Waals surface area contributed by atoms with Gasteiger partial charge in [0, 0.05) is 37.6 Å². The Labute approximate surface area is 181 Å². The highest BCUT2D eigenvalue weighted by molar-refractivity contribution is 7.91. The molecular formula is C20H25ClN2O4S2. The van der Waals surface area contributed by atoms with Gasteiger partial charge in [-0.3, -0.25) is 4.79 Å². The molecule has 9 heteroatoms. The number of amides is 1. The van der Waals surface area contributed by atoms with Gasteiger partial charge in [0.2, 0.25) is 5.91 Å². The van der Waals surface area contributed by atoms with Crippen molar-refractivity contribution in [3.05, 3.63) is 46.8 Å². The average Bonchev–Trinajstić information content (AvgIpc) is 3.26. The number of nitrogens with zero attached hydrogens (tertiary/aromatic N) is 2. The van der Waals surface area contributed by atoms with Gasteiger partial charge >= 0.3 is 0 Å². The van der Waals surface area contributed by atoms with E-state index in [0.717, 1.165) is 0 Å². The van der Waals surface area contributed by atoms with Crippen molar-refractivity contribution >= 4 is 38.9 Å². The first-order chi connectivity index (χ1) is 13.9. The van der Waals surface area contributed by atoms with Crippen molar-refractivity contribution in [2.75, 3.05) is 33.3 Å². The summed E-state index contributed by atoms with van der Waals surface area (Å²) in [6, 6.07) is 10.6. The zero-order valence-electron chi connectivity index (χ0n) is 16.3. The fourth-order valence-corrected chi connectivity index (χ4v) is 6.15. The van der Waals surface area contributed by atoms with Crippen LogP contribution in [0.25, 0.3) is 0 Å². The fraction of sp³-hybridized carbons (Fsp3) is 0.450. The topological polar surface area (TPSA) is 66.9 Å². The predicted octanol–water partition coefficient (Wildman–Crippen LogP) is 3.73. The Hall–Kier alpha value is -1.61. The molecule has 0 aliphatic carbocycles. The maximum absolute atomic E-state index is 12.7. The van der Waals surface area contributed by atoms with Crippen LogP contribution in [-0.2, 0) is 14.8 Å². The van der Waals surface area contributed by atoms with E-state index in [1.807, 2.05) is 12.1 Å². The molecule has 0 radical (unpaired) electrons. The molecule has 0 saturated carbocycles. The Morgan fingerprint density at radius 3 is 2.69 bits per heavy atom. The fourth-order valence-electron chi connectivity index (χ4n) is 3.35. The van der Waals surface area contributed by atoms with Crippen LogP contribution in [0.4, 0.5) is 0 Å². The van der Waals surface area contributed by atoms with Crippen LogP contribution in [0.15, 0.2) is 46.0 Å². The second-order valence-corrected chi connectivity index (χ2v) is 10.6. The first kappa shape index (κ1) is 22.1. The van der Waals surface area contributed by atoms with E-state index in [9.17, 15) is 13.2 Å². The second kappa shape index (κ2) is 9.93. The highest BCUT2D eigenvalue weighted by Crippen LogP contribution is 2.27. The number of hydrogen-bond donors (Lipinski definition) is 0. The number of rotatable bonds is 8. The van der Waals surface area contributed by atoms with Crippen LogP contribution in [0.5, 0.6) is 5.75 Å². The number of benzene rings is 1. The molecular weight excluding hydrogens is 432 g/mol. The molecule has 6 nitrogen and oxygen atoms in total. The zero-order valence-corrected chi connectivity index (χ0v) is 18.7. The molecule has 29 heavy (non-hydrogen) atoms. The largest absolute Gasteiger partial charge is 0.493 e. The van der Waals surface area contributed by atoms with Crippen molar-refractivity contribution in [3.63, 3.8) is 0 Å². The average molecular weight is 457 g/mol. The van der Waals surface area contributed by atoms with Crippen molar-refractivity contribution in [2.45, 2.75) is 23.5 Å². The van der Waals surface area contributed by atoms with Crippen molar-refractivity contribution < 1.29 is 17.9 Å². The third-order valence-electron chi connectivity index (χ3n) is 4.97. The van der Waals surface area contributed by atoms with Gasteiger partial charge in [-0.25, -0.2) is 8.42 Å². The van der Waals surface area contributed by atoms with Gasteiger partial charge in [0.1, 0.15) is 9.96 Å².